The first kappa shape index (κ1) is 49.7. The van der Waals surface area contributed by atoms with Gasteiger partial charge in [-0.1, -0.05) is 136 Å². The molecule has 8 heteroatoms. The van der Waals surface area contributed by atoms with E-state index in [1.54, 1.807) is 13.8 Å². The molecule has 0 heterocycles. The van der Waals surface area contributed by atoms with Crippen LogP contribution < -0.4 is 15.3 Å². The molecule has 0 aliphatic heterocycles. The van der Waals surface area contributed by atoms with Gasteiger partial charge in [-0.3, -0.25) is 0 Å². The fourth-order valence-corrected chi connectivity index (χ4v) is 3.68. The van der Waals surface area contributed by atoms with E-state index in [1.807, 2.05) is 0 Å². The number of hydrogen-bond acceptors (Lipinski definition) is 7. The van der Waals surface area contributed by atoms with E-state index in [0.29, 0.717) is 0 Å². The van der Waals surface area contributed by atoms with Gasteiger partial charge in [0, 0.05) is 24.0 Å². The largest absolute Gasteiger partial charge is 3.00 e. The molecule has 0 rings (SSSR count). The molecule has 243 valence electrons. The molecule has 0 aromatic rings. The molecule has 1 radical (unpaired) electrons. The van der Waals surface area contributed by atoms with Crippen LogP contribution in [0.4, 0.5) is 0 Å². The average Bonchev–Trinajstić information content (AvgIpc) is 2.87. The molecular formula is C33H65O7Ti. The van der Waals surface area contributed by atoms with Crippen LogP contribution in [0.3, 0.4) is 0 Å². The van der Waals surface area contributed by atoms with Gasteiger partial charge in [-0.2, -0.15) is 0 Å². The molecule has 0 aliphatic rings. The maximum Gasteiger partial charge on any atom is 3.00 e. The Hall–Kier alpha value is -0.916. The number of carboxylic acid groups (broad SMARTS) is 3. The molecule has 1 N–H and O–H groups in total. The molecule has 0 saturated heterocycles. The fourth-order valence-electron chi connectivity index (χ4n) is 3.68. The van der Waals surface area contributed by atoms with Crippen LogP contribution in [0, 0.1) is 0 Å². The summed E-state index contributed by atoms with van der Waals surface area (Å²) >= 11 is 0. The number of unbranched alkanes of at least 4 members (excludes halogenated alkanes) is 18. The van der Waals surface area contributed by atoms with Crippen LogP contribution in [-0.2, 0) is 36.1 Å². The molecule has 0 amide bonds. The molecule has 0 fully saturated rings. The van der Waals surface area contributed by atoms with E-state index in [2.05, 4.69) is 20.8 Å². The van der Waals surface area contributed by atoms with E-state index in [9.17, 15) is 29.7 Å². The van der Waals surface area contributed by atoms with Crippen LogP contribution >= 0.6 is 0 Å². The van der Waals surface area contributed by atoms with Gasteiger partial charge in [-0.25, -0.2) is 0 Å². The van der Waals surface area contributed by atoms with Crippen molar-refractivity contribution in [2.75, 3.05) is 0 Å². The molecule has 0 aromatic heterocycles. The molecule has 0 aromatic carbocycles. The zero-order valence-electron chi connectivity index (χ0n) is 27.4. The number of carbonyl (C=O) groups is 3. The Morgan fingerprint density at radius 1 is 0.439 bits per heavy atom. The number of carbonyl (C=O) groups excluding carboxylic acids is 3. The standard InChI is InChI=1S/3C10H20O2.C3H8O.Ti/c3*1-2-3-4-5-6-7-8-9-10(11)12;1-3(2)4;/h3*2-9H2,1H3,(H,11,12);3-4H,1-2H3;/q;;;;+3/p-3. The Morgan fingerprint density at radius 2 is 0.585 bits per heavy atom. The number of rotatable bonds is 24. The summed E-state index contributed by atoms with van der Waals surface area (Å²) in [6.45, 7) is 10.0. The van der Waals surface area contributed by atoms with E-state index < -0.39 is 17.9 Å². The second kappa shape index (κ2) is 46.1. The number of aliphatic hydroxyl groups excluding tert-OH is 1. The van der Waals surface area contributed by atoms with Crippen LogP contribution in [0.15, 0.2) is 0 Å². The maximum absolute atomic E-state index is 10.0. The van der Waals surface area contributed by atoms with Crippen molar-refractivity contribution in [1.82, 2.24) is 0 Å². The van der Waals surface area contributed by atoms with Gasteiger partial charge in [0.05, 0.1) is 0 Å². The van der Waals surface area contributed by atoms with Crippen LogP contribution in [0.5, 0.6) is 0 Å². The summed E-state index contributed by atoms with van der Waals surface area (Å²) in [6, 6.07) is 0. The molecule has 0 atom stereocenters. The second-order valence-electron chi connectivity index (χ2n) is 10.8. The molecule has 7 nitrogen and oxygen atoms in total. The van der Waals surface area contributed by atoms with Crippen LogP contribution in [0.1, 0.15) is 189 Å². The molecule has 0 bridgehead atoms. The summed E-state index contributed by atoms with van der Waals surface area (Å²) in [4.78, 5) is 30.1. The van der Waals surface area contributed by atoms with E-state index in [1.165, 1.54) is 96.3 Å². The third kappa shape index (κ3) is 79.0. The van der Waals surface area contributed by atoms with E-state index >= 15 is 0 Å². The first-order chi connectivity index (χ1) is 19.0. The molecule has 0 unspecified atom stereocenters. The Labute approximate surface area is 268 Å². The van der Waals surface area contributed by atoms with Crippen molar-refractivity contribution >= 4 is 17.9 Å². The molecule has 0 aliphatic carbocycles. The normalized spacial score (nSPS) is 9.73. The Bertz CT molecular complexity index is 444. The summed E-state index contributed by atoms with van der Waals surface area (Å²) in [5.74, 6) is -2.74. The van der Waals surface area contributed by atoms with Crippen molar-refractivity contribution in [3.8, 4) is 0 Å². The molecule has 0 spiro atoms. The van der Waals surface area contributed by atoms with Crippen LogP contribution in [0.2, 0.25) is 0 Å². The quantitative estimate of drug-likeness (QED) is 0.103. The van der Waals surface area contributed by atoms with E-state index in [-0.39, 0.29) is 47.1 Å². The van der Waals surface area contributed by atoms with E-state index in [4.69, 9.17) is 5.11 Å². The fraction of sp³-hybridized carbons (Fsp3) is 0.909. The van der Waals surface area contributed by atoms with Crippen molar-refractivity contribution in [1.29, 1.82) is 0 Å². The second-order valence-corrected chi connectivity index (χ2v) is 10.8. The predicted molar refractivity (Wildman–Crippen MR) is 160 cm³/mol. The first-order valence-corrected chi connectivity index (χ1v) is 16.3. The van der Waals surface area contributed by atoms with Gasteiger partial charge < -0.3 is 34.8 Å². The minimum absolute atomic E-state index is 0. The van der Waals surface area contributed by atoms with Crippen molar-refractivity contribution in [3.05, 3.63) is 0 Å². The molecule has 41 heavy (non-hydrogen) atoms. The number of aliphatic hydroxyl groups is 1. The smallest absolute Gasteiger partial charge is 0.550 e. The van der Waals surface area contributed by atoms with Crippen molar-refractivity contribution in [2.45, 2.75) is 195 Å². The third-order valence-corrected chi connectivity index (χ3v) is 5.95. The number of carboxylic acids is 3. The Morgan fingerprint density at radius 3 is 0.732 bits per heavy atom. The van der Waals surface area contributed by atoms with Gasteiger partial charge in [-0.15, -0.1) is 0 Å². The van der Waals surface area contributed by atoms with Gasteiger partial charge in [-0.05, 0) is 52.4 Å². The zero-order chi connectivity index (χ0) is 31.3. The zero-order valence-corrected chi connectivity index (χ0v) is 29.0. The van der Waals surface area contributed by atoms with Crippen LogP contribution in [-0.4, -0.2) is 29.1 Å². The predicted octanol–water partition coefficient (Wildman–Crippen LogP) is 6.02. The van der Waals surface area contributed by atoms with Gasteiger partial charge in [0.25, 0.3) is 0 Å². The Balaban J connectivity index is -0.000000146. The summed E-state index contributed by atoms with van der Waals surface area (Å²) in [7, 11) is 0. The topological polar surface area (TPSA) is 141 Å². The van der Waals surface area contributed by atoms with Gasteiger partial charge in [0.1, 0.15) is 0 Å². The molecular weight excluding hydrogens is 556 g/mol. The number of hydrogen-bond donors (Lipinski definition) is 1. The van der Waals surface area contributed by atoms with Crippen LogP contribution in [0.25, 0.3) is 0 Å². The van der Waals surface area contributed by atoms with Gasteiger partial charge >= 0.3 is 21.7 Å². The SMILES string of the molecule is CC(C)O.CCCCCCCCCC(=O)[O-].CCCCCCCCCC(=O)[O-].CCCCCCCCCC(=O)[O-].[Ti+3]. The van der Waals surface area contributed by atoms with Crippen molar-refractivity contribution in [3.63, 3.8) is 0 Å². The first-order valence-electron chi connectivity index (χ1n) is 16.3. The van der Waals surface area contributed by atoms with Crippen molar-refractivity contribution in [2.24, 2.45) is 0 Å². The minimum Gasteiger partial charge on any atom is -0.550 e. The summed E-state index contributed by atoms with van der Waals surface area (Å²) < 4.78 is 0. The number of aliphatic carboxylic acids is 3. The Kier molecular flexibility index (Phi) is 55.9. The van der Waals surface area contributed by atoms with Gasteiger partial charge in [0.15, 0.2) is 0 Å². The average molecular weight is 622 g/mol. The third-order valence-electron chi connectivity index (χ3n) is 5.95. The maximum atomic E-state index is 10.0. The minimum atomic E-state index is -0.913. The molecule has 0 saturated carbocycles. The van der Waals surface area contributed by atoms with E-state index in [0.717, 1.165) is 38.5 Å². The summed E-state index contributed by atoms with van der Waals surface area (Å²) in [5, 5.41) is 38.1. The summed E-state index contributed by atoms with van der Waals surface area (Å²) in [5.41, 5.74) is 0. The monoisotopic (exact) mass is 621 g/mol. The van der Waals surface area contributed by atoms with Crippen molar-refractivity contribution < 1.29 is 56.5 Å². The summed E-state index contributed by atoms with van der Waals surface area (Å²) in [6.07, 6.45) is 24.9. The van der Waals surface area contributed by atoms with Gasteiger partial charge in [0.2, 0.25) is 0 Å².